The van der Waals surface area contributed by atoms with Gasteiger partial charge in [0.1, 0.15) is 5.75 Å². The third-order valence-corrected chi connectivity index (χ3v) is 4.09. The minimum atomic E-state index is -0.568. The van der Waals surface area contributed by atoms with E-state index in [0.717, 1.165) is 6.42 Å². The van der Waals surface area contributed by atoms with Crippen LogP contribution in [-0.2, 0) is 9.59 Å². The van der Waals surface area contributed by atoms with E-state index in [1.165, 1.54) is 0 Å². The van der Waals surface area contributed by atoms with Gasteiger partial charge in [-0.05, 0) is 30.2 Å². The van der Waals surface area contributed by atoms with Crippen molar-refractivity contribution in [1.82, 2.24) is 0 Å². The van der Waals surface area contributed by atoms with Gasteiger partial charge in [-0.2, -0.15) is 0 Å². The van der Waals surface area contributed by atoms with Crippen molar-refractivity contribution >= 4 is 35.6 Å². The molecule has 0 bridgehead atoms. The maximum Gasteiger partial charge on any atom is 0.262 e. The Morgan fingerprint density at radius 2 is 1.70 bits per heavy atom. The third kappa shape index (κ3) is 7.29. The number of hydrogen-bond acceptors (Lipinski definition) is 4. The smallest absolute Gasteiger partial charge is 0.262 e. The second kappa shape index (κ2) is 11.2. The zero-order chi connectivity index (χ0) is 18.9. The molecular formula is C20H26ClN3O3. The second-order valence-corrected chi connectivity index (χ2v) is 6.13. The number of para-hydroxylation sites is 1. The van der Waals surface area contributed by atoms with Gasteiger partial charge in [-0.1, -0.05) is 44.5 Å². The Balaban J connectivity index is 0.00000364. The molecule has 2 unspecified atom stereocenters. The lowest BCUT2D eigenvalue weighted by Crippen LogP contribution is -2.40. The Kier molecular flexibility index (Phi) is 9.33. The highest BCUT2D eigenvalue weighted by atomic mass is 35.5. The Morgan fingerprint density at radius 1 is 1.04 bits per heavy atom. The molecule has 2 amide bonds. The van der Waals surface area contributed by atoms with Gasteiger partial charge >= 0.3 is 0 Å². The van der Waals surface area contributed by atoms with E-state index in [1.807, 2.05) is 32.0 Å². The summed E-state index contributed by atoms with van der Waals surface area (Å²) >= 11 is 0. The topological polar surface area (TPSA) is 93.5 Å². The van der Waals surface area contributed by atoms with Crippen LogP contribution in [0.5, 0.6) is 5.75 Å². The van der Waals surface area contributed by atoms with Crippen molar-refractivity contribution in [2.24, 2.45) is 11.7 Å². The molecule has 0 radical (unpaired) electrons. The van der Waals surface area contributed by atoms with Gasteiger partial charge in [0, 0.05) is 17.4 Å². The van der Waals surface area contributed by atoms with Crippen molar-refractivity contribution < 1.29 is 14.3 Å². The molecule has 2 rings (SSSR count). The molecular weight excluding hydrogens is 366 g/mol. The van der Waals surface area contributed by atoms with Crippen LogP contribution in [0.3, 0.4) is 0 Å². The number of amides is 2. The molecule has 0 aliphatic rings. The fourth-order valence-electron chi connectivity index (χ4n) is 2.27. The average Bonchev–Trinajstić information content (AvgIpc) is 2.66. The normalized spacial score (nSPS) is 12.3. The Bertz CT molecular complexity index is 740. The summed E-state index contributed by atoms with van der Waals surface area (Å²) < 4.78 is 5.50. The van der Waals surface area contributed by atoms with Crippen molar-refractivity contribution in [2.75, 3.05) is 17.2 Å². The molecule has 0 aliphatic heterocycles. The highest BCUT2D eigenvalue weighted by Crippen LogP contribution is 2.18. The lowest BCUT2D eigenvalue weighted by atomic mass is 9.99. The molecule has 6 nitrogen and oxygen atoms in total. The molecule has 7 heteroatoms. The van der Waals surface area contributed by atoms with E-state index in [-0.39, 0.29) is 36.7 Å². The average molecular weight is 392 g/mol. The van der Waals surface area contributed by atoms with Crippen LogP contribution in [0, 0.1) is 5.92 Å². The lowest BCUT2D eigenvalue weighted by molar-refractivity contribution is -0.119. The van der Waals surface area contributed by atoms with Gasteiger partial charge < -0.3 is 21.1 Å². The second-order valence-electron chi connectivity index (χ2n) is 6.13. The summed E-state index contributed by atoms with van der Waals surface area (Å²) in [5.41, 5.74) is 7.22. The van der Waals surface area contributed by atoms with Gasteiger partial charge in [0.05, 0.1) is 6.04 Å². The summed E-state index contributed by atoms with van der Waals surface area (Å²) in [6.45, 7) is 3.81. The summed E-state index contributed by atoms with van der Waals surface area (Å²) in [5, 5.41) is 5.52. The van der Waals surface area contributed by atoms with E-state index in [0.29, 0.717) is 17.1 Å². The van der Waals surface area contributed by atoms with Crippen LogP contribution in [-0.4, -0.2) is 24.5 Å². The molecule has 0 saturated carbocycles. The first kappa shape index (κ1) is 22.5. The van der Waals surface area contributed by atoms with Crippen LogP contribution in [0.4, 0.5) is 11.4 Å². The fourth-order valence-corrected chi connectivity index (χ4v) is 2.27. The maximum absolute atomic E-state index is 12.2. The van der Waals surface area contributed by atoms with Gasteiger partial charge in [-0.3, -0.25) is 9.59 Å². The number of rotatable bonds is 8. The molecule has 146 valence electrons. The number of hydrogen-bond donors (Lipinski definition) is 3. The summed E-state index contributed by atoms with van der Waals surface area (Å²) in [7, 11) is 0. The first-order valence-corrected chi connectivity index (χ1v) is 8.63. The zero-order valence-electron chi connectivity index (χ0n) is 15.5. The molecule has 27 heavy (non-hydrogen) atoms. The number of benzene rings is 2. The van der Waals surface area contributed by atoms with E-state index >= 15 is 0 Å². The minimum Gasteiger partial charge on any atom is -0.484 e. The van der Waals surface area contributed by atoms with Gasteiger partial charge in [0.25, 0.3) is 5.91 Å². The first-order valence-electron chi connectivity index (χ1n) is 8.63. The van der Waals surface area contributed by atoms with Gasteiger partial charge in [-0.15, -0.1) is 12.4 Å². The quantitative estimate of drug-likeness (QED) is 0.642. The van der Waals surface area contributed by atoms with E-state index < -0.39 is 6.04 Å². The van der Waals surface area contributed by atoms with Crippen molar-refractivity contribution in [1.29, 1.82) is 0 Å². The largest absolute Gasteiger partial charge is 0.484 e. The molecule has 0 heterocycles. The van der Waals surface area contributed by atoms with E-state index in [9.17, 15) is 9.59 Å². The van der Waals surface area contributed by atoms with Crippen LogP contribution in [0.15, 0.2) is 54.6 Å². The number of anilines is 2. The van der Waals surface area contributed by atoms with Crippen LogP contribution < -0.4 is 21.1 Å². The minimum absolute atomic E-state index is 0. The summed E-state index contributed by atoms with van der Waals surface area (Å²) in [5.74, 6) is 0.0852. The Labute approximate surface area is 165 Å². The van der Waals surface area contributed by atoms with Crippen LogP contribution in [0.25, 0.3) is 0 Å². The van der Waals surface area contributed by atoms with Crippen LogP contribution >= 0.6 is 12.4 Å². The molecule has 0 spiro atoms. The number of nitrogens with two attached hydrogens (primary N) is 1. The van der Waals surface area contributed by atoms with Gasteiger partial charge in [0.15, 0.2) is 6.61 Å². The van der Waals surface area contributed by atoms with E-state index in [4.69, 9.17) is 10.5 Å². The number of halogens is 1. The highest BCUT2D eigenvalue weighted by Gasteiger charge is 2.19. The predicted molar refractivity (Wildman–Crippen MR) is 110 cm³/mol. The monoisotopic (exact) mass is 391 g/mol. The van der Waals surface area contributed by atoms with Crippen molar-refractivity contribution in [3.8, 4) is 5.75 Å². The van der Waals surface area contributed by atoms with Crippen LogP contribution in [0.2, 0.25) is 0 Å². The van der Waals surface area contributed by atoms with Crippen molar-refractivity contribution in [3.05, 3.63) is 54.6 Å². The standard InChI is InChI=1S/C20H25N3O3.ClH/c1-3-14(2)19(21)20(25)23-16-10-7-11-17(12-16)26-13-18(24)22-15-8-5-4-6-9-15;/h4-12,14,19H,3,13,21H2,1-2H3,(H,22,24)(H,23,25);1H. The van der Waals surface area contributed by atoms with E-state index in [2.05, 4.69) is 10.6 Å². The molecule has 0 fully saturated rings. The molecule has 4 N–H and O–H groups in total. The molecule has 0 aliphatic carbocycles. The van der Waals surface area contributed by atoms with Gasteiger partial charge in [-0.25, -0.2) is 0 Å². The zero-order valence-corrected chi connectivity index (χ0v) is 16.3. The summed E-state index contributed by atoms with van der Waals surface area (Å²) in [6.07, 6.45) is 0.828. The summed E-state index contributed by atoms with van der Waals surface area (Å²) in [4.78, 5) is 24.1. The third-order valence-electron chi connectivity index (χ3n) is 4.09. The molecule has 0 saturated heterocycles. The number of ether oxygens (including phenoxy) is 1. The Hall–Kier alpha value is -2.57. The SMILES string of the molecule is CCC(C)C(N)C(=O)Nc1cccc(OCC(=O)Nc2ccccc2)c1.Cl. The van der Waals surface area contributed by atoms with Crippen LogP contribution in [0.1, 0.15) is 20.3 Å². The number of carbonyl (C=O) groups excluding carboxylic acids is 2. The predicted octanol–water partition coefficient (Wildman–Crippen LogP) is 3.44. The van der Waals surface area contributed by atoms with Crippen molar-refractivity contribution in [3.63, 3.8) is 0 Å². The molecule has 2 atom stereocenters. The molecule has 2 aromatic rings. The molecule has 0 aromatic heterocycles. The Morgan fingerprint density at radius 3 is 2.37 bits per heavy atom. The lowest BCUT2D eigenvalue weighted by Gasteiger charge is -2.18. The first-order chi connectivity index (χ1) is 12.5. The van der Waals surface area contributed by atoms with E-state index in [1.54, 1.807) is 36.4 Å². The number of carbonyl (C=O) groups is 2. The highest BCUT2D eigenvalue weighted by molar-refractivity contribution is 5.95. The maximum atomic E-state index is 12.2. The van der Waals surface area contributed by atoms with Crippen molar-refractivity contribution in [2.45, 2.75) is 26.3 Å². The van der Waals surface area contributed by atoms with Gasteiger partial charge in [0.2, 0.25) is 5.91 Å². The molecule has 2 aromatic carbocycles. The number of nitrogens with one attached hydrogen (secondary N) is 2. The summed E-state index contributed by atoms with van der Waals surface area (Å²) in [6, 6.07) is 15.5. The fraction of sp³-hybridized carbons (Fsp3) is 0.300.